The summed E-state index contributed by atoms with van der Waals surface area (Å²) in [7, 11) is 0. The Kier molecular flexibility index (Phi) is 6.16. The monoisotopic (exact) mass is 435 g/mol. The number of hydrogen-bond donors (Lipinski definition) is 1. The van der Waals surface area contributed by atoms with Crippen LogP contribution in [0.25, 0.3) is 10.9 Å². The second-order valence-corrected chi connectivity index (χ2v) is 8.05. The lowest BCUT2D eigenvalue weighted by molar-refractivity contribution is -0.116. The lowest BCUT2D eigenvalue weighted by Crippen LogP contribution is -2.35. The van der Waals surface area contributed by atoms with E-state index in [1.54, 1.807) is 18.2 Å². The Morgan fingerprint density at radius 2 is 1.70 bits per heavy atom. The van der Waals surface area contributed by atoms with Gasteiger partial charge in [0.25, 0.3) is 5.56 Å². The third-order valence-electron chi connectivity index (χ3n) is 4.45. The normalized spacial score (nSPS) is 10.8. The number of nitrogens with zero attached hydrogens (tertiary/aromatic N) is 2. The molecule has 0 aliphatic heterocycles. The van der Waals surface area contributed by atoms with Gasteiger partial charge in [0.2, 0.25) is 5.91 Å². The maximum absolute atomic E-state index is 13.1. The molecule has 7 heteroatoms. The van der Waals surface area contributed by atoms with Crippen molar-refractivity contribution in [1.29, 1.82) is 0 Å². The van der Waals surface area contributed by atoms with E-state index in [2.05, 4.69) is 10.4 Å². The van der Waals surface area contributed by atoms with Gasteiger partial charge in [-0.1, -0.05) is 78.0 Å². The van der Waals surface area contributed by atoms with Crippen LogP contribution in [-0.2, 0) is 17.0 Å². The molecule has 0 unspecified atom stereocenters. The zero-order chi connectivity index (χ0) is 20.9. The van der Waals surface area contributed by atoms with Crippen LogP contribution in [0.3, 0.4) is 0 Å². The van der Waals surface area contributed by atoms with Gasteiger partial charge in [-0.15, -0.1) is 0 Å². The van der Waals surface area contributed by atoms with Crippen molar-refractivity contribution >= 4 is 40.2 Å². The first kappa shape index (κ1) is 20.2. The van der Waals surface area contributed by atoms with Crippen molar-refractivity contribution in [2.24, 2.45) is 0 Å². The Morgan fingerprint density at radius 3 is 2.50 bits per heavy atom. The molecular weight excluding hydrogens is 418 g/mol. The summed E-state index contributed by atoms with van der Waals surface area (Å²) in [5.41, 5.74) is 4.86. The first-order valence-corrected chi connectivity index (χ1v) is 10.7. The highest BCUT2D eigenvalue weighted by Gasteiger charge is 2.14. The van der Waals surface area contributed by atoms with E-state index in [4.69, 9.17) is 11.6 Å². The van der Waals surface area contributed by atoms with E-state index >= 15 is 0 Å². The zero-order valence-electron chi connectivity index (χ0n) is 15.9. The number of rotatable bonds is 6. The van der Waals surface area contributed by atoms with Crippen molar-refractivity contribution < 1.29 is 4.79 Å². The Hall–Kier alpha value is -3.09. The number of halogens is 1. The second kappa shape index (κ2) is 9.15. The van der Waals surface area contributed by atoms with Gasteiger partial charge in [-0.05, 0) is 35.4 Å². The van der Waals surface area contributed by atoms with Crippen molar-refractivity contribution in [2.75, 3.05) is 5.43 Å². The molecule has 0 fully saturated rings. The van der Waals surface area contributed by atoms with Crippen molar-refractivity contribution in [3.63, 3.8) is 0 Å². The summed E-state index contributed by atoms with van der Waals surface area (Å²) in [4.78, 5) is 30.3. The largest absolute Gasteiger partial charge is 0.281 e. The van der Waals surface area contributed by atoms with Gasteiger partial charge in [0.15, 0.2) is 5.16 Å². The summed E-state index contributed by atoms with van der Waals surface area (Å²) < 4.78 is 1.24. The molecule has 4 rings (SSSR count). The van der Waals surface area contributed by atoms with Crippen LogP contribution in [0.2, 0.25) is 5.02 Å². The maximum Gasteiger partial charge on any atom is 0.281 e. The fourth-order valence-electron chi connectivity index (χ4n) is 3.03. The summed E-state index contributed by atoms with van der Waals surface area (Å²) in [6, 6.07) is 24.0. The zero-order valence-corrected chi connectivity index (χ0v) is 17.5. The van der Waals surface area contributed by atoms with Gasteiger partial charge in [0.1, 0.15) is 0 Å². The SMILES string of the molecule is O=C(Cc1ccccc1)Nn1c(SCc2cccc(Cl)c2)nc2ccccc2c1=O. The number of para-hydroxylation sites is 1. The molecular formula is C23H18ClN3O2S. The molecule has 1 heterocycles. The number of thioether (sulfide) groups is 1. The Bertz CT molecular complexity index is 1260. The van der Waals surface area contributed by atoms with Crippen LogP contribution >= 0.6 is 23.4 Å². The molecule has 3 aromatic carbocycles. The molecule has 0 saturated carbocycles. The Morgan fingerprint density at radius 1 is 0.967 bits per heavy atom. The highest BCUT2D eigenvalue weighted by molar-refractivity contribution is 7.98. The van der Waals surface area contributed by atoms with Crippen LogP contribution in [0.1, 0.15) is 11.1 Å². The number of amides is 1. The minimum atomic E-state index is -0.310. The Balaban J connectivity index is 1.65. The molecule has 0 radical (unpaired) electrons. The molecule has 0 atom stereocenters. The van der Waals surface area contributed by atoms with Crippen LogP contribution in [-0.4, -0.2) is 15.6 Å². The van der Waals surface area contributed by atoms with Crippen molar-refractivity contribution in [3.05, 3.63) is 105 Å². The van der Waals surface area contributed by atoms with E-state index in [0.29, 0.717) is 26.8 Å². The number of aromatic nitrogens is 2. The van der Waals surface area contributed by atoms with Gasteiger partial charge >= 0.3 is 0 Å². The van der Waals surface area contributed by atoms with E-state index in [0.717, 1.165) is 11.1 Å². The van der Waals surface area contributed by atoms with Gasteiger partial charge in [-0.25, -0.2) is 4.98 Å². The smallest absolute Gasteiger partial charge is 0.273 e. The van der Waals surface area contributed by atoms with Crippen LogP contribution in [0.15, 0.2) is 88.8 Å². The molecule has 0 spiro atoms. The predicted octanol–water partition coefficient (Wildman–Crippen LogP) is 4.66. The van der Waals surface area contributed by atoms with E-state index < -0.39 is 0 Å². The van der Waals surface area contributed by atoms with E-state index in [-0.39, 0.29) is 17.9 Å². The molecule has 1 amide bonds. The number of benzene rings is 3. The minimum absolute atomic E-state index is 0.165. The fourth-order valence-corrected chi connectivity index (χ4v) is 4.14. The molecule has 0 saturated heterocycles. The average Bonchev–Trinajstić information content (AvgIpc) is 2.75. The molecule has 0 aliphatic carbocycles. The highest BCUT2D eigenvalue weighted by Crippen LogP contribution is 2.23. The molecule has 150 valence electrons. The van der Waals surface area contributed by atoms with Crippen LogP contribution in [0.5, 0.6) is 0 Å². The molecule has 0 bridgehead atoms. The first-order valence-electron chi connectivity index (χ1n) is 9.33. The summed E-state index contributed by atoms with van der Waals surface area (Å²) in [6.07, 6.45) is 0.165. The molecule has 1 N–H and O–H groups in total. The second-order valence-electron chi connectivity index (χ2n) is 6.67. The average molecular weight is 436 g/mol. The lowest BCUT2D eigenvalue weighted by Gasteiger charge is -2.14. The van der Waals surface area contributed by atoms with Gasteiger partial charge in [0, 0.05) is 10.8 Å². The number of nitrogens with one attached hydrogen (secondary N) is 1. The molecule has 1 aromatic heterocycles. The van der Waals surface area contributed by atoms with Gasteiger partial charge < -0.3 is 0 Å². The van der Waals surface area contributed by atoms with Gasteiger partial charge in [-0.3, -0.25) is 15.0 Å². The van der Waals surface area contributed by atoms with E-state index in [1.807, 2.05) is 60.7 Å². The number of hydrogen-bond acceptors (Lipinski definition) is 4. The summed E-state index contributed by atoms with van der Waals surface area (Å²) in [6.45, 7) is 0. The van der Waals surface area contributed by atoms with Crippen molar-refractivity contribution in [3.8, 4) is 0 Å². The van der Waals surface area contributed by atoms with E-state index in [1.165, 1.54) is 16.4 Å². The third kappa shape index (κ3) is 4.72. The lowest BCUT2D eigenvalue weighted by atomic mass is 10.1. The van der Waals surface area contributed by atoms with E-state index in [9.17, 15) is 9.59 Å². The molecule has 30 heavy (non-hydrogen) atoms. The maximum atomic E-state index is 13.1. The van der Waals surface area contributed by atoms with Crippen LogP contribution in [0.4, 0.5) is 0 Å². The molecule has 5 nitrogen and oxygen atoms in total. The van der Waals surface area contributed by atoms with Crippen LogP contribution in [0, 0.1) is 0 Å². The number of carbonyl (C=O) groups is 1. The molecule has 0 aliphatic rings. The fraction of sp³-hybridized carbons (Fsp3) is 0.0870. The number of fused-ring (bicyclic) bond motifs is 1. The van der Waals surface area contributed by atoms with Crippen molar-refractivity contribution in [2.45, 2.75) is 17.3 Å². The predicted molar refractivity (Wildman–Crippen MR) is 122 cm³/mol. The summed E-state index contributed by atoms with van der Waals surface area (Å²) in [5, 5.41) is 1.51. The minimum Gasteiger partial charge on any atom is -0.273 e. The highest BCUT2D eigenvalue weighted by atomic mass is 35.5. The number of carbonyl (C=O) groups excluding carboxylic acids is 1. The van der Waals surface area contributed by atoms with Gasteiger partial charge in [0.05, 0.1) is 17.3 Å². The Labute approximate surface area is 182 Å². The summed E-state index contributed by atoms with van der Waals surface area (Å²) in [5.74, 6) is 0.268. The van der Waals surface area contributed by atoms with Gasteiger partial charge in [-0.2, -0.15) is 4.68 Å². The topological polar surface area (TPSA) is 64.0 Å². The summed E-state index contributed by atoms with van der Waals surface area (Å²) >= 11 is 7.43. The van der Waals surface area contributed by atoms with Crippen molar-refractivity contribution in [1.82, 2.24) is 9.66 Å². The quantitative estimate of drug-likeness (QED) is 0.353. The first-order chi connectivity index (χ1) is 14.6. The standard InChI is InChI=1S/C23H18ClN3O2S/c24-18-10-6-9-17(13-18)15-30-23-25-20-12-5-4-11-19(20)22(29)27(23)26-21(28)14-16-7-2-1-3-8-16/h1-13H,14-15H2,(H,26,28). The molecule has 4 aromatic rings. The van der Waals surface area contributed by atoms with Crippen LogP contribution < -0.4 is 11.0 Å². The third-order valence-corrected chi connectivity index (χ3v) is 5.69.